The molecule has 0 aromatic heterocycles. The van der Waals surface area contributed by atoms with E-state index in [1.807, 2.05) is 6.92 Å². The monoisotopic (exact) mass is 213 g/mol. The van der Waals surface area contributed by atoms with Crippen molar-refractivity contribution in [3.63, 3.8) is 0 Å². The number of nitrogens with two attached hydrogens (primary N) is 1. The van der Waals surface area contributed by atoms with E-state index in [1.54, 1.807) is 12.1 Å². The van der Waals surface area contributed by atoms with Crippen molar-refractivity contribution in [2.75, 3.05) is 0 Å². The Hall–Kier alpha value is -1.06. The van der Waals surface area contributed by atoms with Crippen LogP contribution in [0.5, 0.6) is 0 Å². The van der Waals surface area contributed by atoms with E-state index in [2.05, 4.69) is 0 Å². The molecule has 0 heterocycles. The van der Waals surface area contributed by atoms with Crippen molar-refractivity contribution in [2.24, 2.45) is 5.73 Å². The van der Waals surface area contributed by atoms with Gasteiger partial charge in [0.15, 0.2) is 0 Å². The number of carbonyl (C=O) groups is 1. The van der Waals surface area contributed by atoms with Crippen LogP contribution in [0.2, 0.25) is 5.02 Å². The number of aromatic carboxylic acids is 1. The van der Waals surface area contributed by atoms with Gasteiger partial charge in [-0.25, -0.2) is 4.79 Å². The number of rotatable bonds is 3. The number of benzene rings is 1. The molecule has 1 atom stereocenters. The highest BCUT2D eigenvalue weighted by atomic mass is 35.5. The molecule has 76 valence electrons. The van der Waals surface area contributed by atoms with Crippen LogP contribution in [0.4, 0.5) is 0 Å². The highest BCUT2D eigenvalue weighted by Crippen LogP contribution is 2.17. The van der Waals surface area contributed by atoms with E-state index in [4.69, 9.17) is 22.4 Å². The molecule has 1 unspecified atom stereocenters. The minimum absolute atomic E-state index is 0.0609. The molecule has 3 nitrogen and oxygen atoms in total. The lowest BCUT2D eigenvalue weighted by atomic mass is 10.0. The number of carboxylic acids is 1. The van der Waals surface area contributed by atoms with Crippen molar-refractivity contribution in [1.29, 1.82) is 0 Å². The minimum Gasteiger partial charge on any atom is -0.478 e. The molecule has 4 heteroatoms. The van der Waals surface area contributed by atoms with Crippen molar-refractivity contribution in [1.82, 2.24) is 0 Å². The maximum Gasteiger partial charge on any atom is 0.336 e. The number of hydrogen-bond donors (Lipinski definition) is 2. The fraction of sp³-hybridized carbons (Fsp3) is 0.300. The molecule has 0 aliphatic rings. The van der Waals surface area contributed by atoms with Gasteiger partial charge in [-0.1, -0.05) is 17.7 Å². The second-order valence-corrected chi connectivity index (χ2v) is 3.72. The molecule has 0 aliphatic carbocycles. The number of halogens is 1. The lowest BCUT2D eigenvalue weighted by Gasteiger charge is -2.08. The Morgan fingerprint density at radius 3 is 2.79 bits per heavy atom. The molecule has 0 fully saturated rings. The van der Waals surface area contributed by atoms with Crippen LogP contribution in [-0.4, -0.2) is 17.1 Å². The summed E-state index contributed by atoms with van der Waals surface area (Å²) in [4.78, 5) is 10.9. The highest BCUT2D eigenvalue weighted by molar-refractivity contribution is 6.30. The summed E-state index contributed by atoms with van der Waals surface area (Å²) in [6.07, 6.45) is 0.540. The number of hydrogen-bond acceptors (Lipinski definition) is 2. The average molecular weight is 214 g/mol. The maximum atomic E-state index is 10.9. The summed E-state index contributed by atoms with van der Waals surface area (Å²) in [7, 11) is 0. The summed E-state index contributed by atoms with van der Waals surface area (Å²) in [5.74, 6) is -0.969. The van der Waals surface area contributed by atoms with Crippen molar-refractivity contribution in [2.45, 2.75) is 19.4 Å². The maximum absolute atomic E-state index is 10.9. The molecule has 0 bridgehead atoms. The first-order valence-electron chi connectivity index (χ1n) is 4.28. The van der Waals surface area contributed by atoms with E-state index in [-0.39, 0.29) is 11.6 Å². The van der Waals surface area contributed by atoms with Gasteiger partial charge >= 0.3 is 5.97 Å². The molecule has 0 saturated carbocycles. The van der Waals surface area contributed by atoms with Crippen LogP contribution in [0.15, 0.2) is 18.2 Å². The predicted molar refractivity (Wildman–Crippen MR) is 55.8 cm³/mol. The Bertz CT molecular complexity index is 350. The van der Waals surface area contributed by atoms with Gasteiger partial charge in [-0.15, -0.1) is 0 Å². The zero-order valence-corrected chi connectivity index (χ0v) is 8.58. The first-order chi connectivity index (χ1) is 6.50. The van der Waals surface area contributed by atoms with Crippen LogP contribution in [0, 0.1) is 0 Å². The first-order valence-corrected chi connectivity index (χ1v) is 4.66. The summed E-state index contributed by atoms with van der Waals surface area (Å²) in [6.45, 7) is 1.83. The third-order valence-electron chi connectivity index (χ3n) is 1.84. The minimum atomic E-state index is -0.969. The van der Waals surface area contributed by atoms with Gasteiger partial charge in [0.05, 0.1) is 5.56 Å². The second-order valence-electron chi connectivity index (χ2n) is 3.29. The van der Waals surface area contributed by atoms with E-state index in [0.717, 1.165) is 5.56 Å². The van der Waals surface area contributed by atoms with E-state index < -0.39 is 5.97 Å². The molecule has 0 saturated heterocycles. The van der Waals surface area contributed by atoms with Crippen LogP contribution >= 0.6 is 11.6 Å². The molecule has 0 radical (unpaired) electrons. The van der Waals surface area contributed by atoms with Gasteiger partial charge < -0.3 is 10.8 Å². The Morgan fingerprint density at radius 2 is 2.29 bits per heavy atom. The zero-order valence-electron chi connectivity index (χ0n) is 7.83. The quantitative estimate of drug-likeness (QED) is 0.807. The molecule has 3 N–H and O–H groups in total. The lowest BCUT2D eigenvalue weighted by Crippen LogP contribution is -2.19. The van der Waals surface area contributed by atoms with Crippen molar-refractivity contribution >= 4 is 17.6 Å². The smallest absolute Gasteiger partial charge is 0.336 e. The van der Waals surface area contributed by atoms with Gasteiger partial charge in [-0.3, -0.25) is 0 Å². The van der Waals surface area contributed by atoms with Crippen molar-refractivity contribution in [3.05, 3.63) is 34.3 Å². The predicted octanol–water partition coefficient (Wildman–Crippen LogP) is 1.93. The van der Waals surface area contributed by atoms with E-state index in [1.165, 1.54) is 6.07 Å². The molecule has 1 aromatic rings. The topological polar surface area (TPSA) is 63.3 Å². The largest absolute Gasteiger partial charge is 0.478 e. The molecular formula is C10H12ClNO2. The Kier molecular flexibility index (Phi) is 3.49. The Morgan fingerprint density at radius 1 is 1.64 bits per heavy atom. The Balaban J connectivity index is 3.08. The third-order valence-corrected chi connectivity index (χ3v) is 2.08. The van der Waals surface area contributed by atoms with Gasteiger partial charge in [0.1, 0.15) is 0 Å². The van der Waals surface area contributed by atoms with E-state index in [9.17, 15) is 4.79 Å². The van der Waals surface area contributed by atoms with E-state index >= 15 is 0 Å². The molecule has 1 aromatic carbocycles. The van der Waals surface area contributed by atoms with Crippen LogP contribution in [-0.2, 0) is 6.42 Å². The molecule has 0 spiro atoms. The second kappa shape index (κ2) is 4.44. The van der Waals surface area contributed by atoms with Crippen LogP contribution in [0.3, 0.4) is 0 Å². The lowest BCUT2D eigenvalue weighted by molar-refractivity contribution is 0.0695. The van der Waals surface area contributed by atoms with Gasteiger partial charge in [-0.05, 0) is 31.0 Å². The van der Waals surface area contributed by atoms with Gasteiger partial charge in [0.25, 0.3) is 0 Å². The Labute approximate surface area is 87.5 Å². The van der Waals surface area contributed by atoms with Gasteiger partial charge in [-0.2, -0.15) is 0 Å². The van der Waals surface area contributed by atoms with Crippen LogP contribution in [0.25, 0.3) is 0 Å². The molecule has 1 rings (SSSR count). The molecule has 0 amide bonds. The fourth-order valence-corrected chi connectivity index (χ4v) is 1.44. The molecule has 0 aliphatic heterocycles. The van der Waals surface area contributed by atoms with Crippen LogP contribution < -0.4 is 5.73 Å². The van der Waals surface area contributed by atoms with Crippen molar-refractivity contribution < 1.29 is 9.90 Å². The van der Waals surface area contributed by atoms with E-state index in [0.29, 0.717) is 11.4 Å². The summed E-state index contributed by atoms with van der Waals surface area (Å²) in [5, 5.41) is 9.33. The summed E-state index contributed by atoms with van der Waals surface area (Å²) < 4.78 is 0. The normalized spacial score (nSPS) is 12.5. The van der Waals surface area contributed by atoms with Gasteiger partial charge in [0, 0.05) is 11.1 Å². The molecule has 14 heavy (non-hydrogen) atoms. The molecular weight excluding hydrogens is 202 g/mol. The summed E-state index contributed by atoms with van der Waals surface area (Å²) in [5.41, 5.74) is 6.56. The van der Waals surface area contributed by atoms with Crippen molar-refractivity contribution in [3.8, 4) is 0 Å². The first kappa shape index (κ1) is 11.0. The highest BCUT2D eigenvalue weighted by Gasteiger charge is 2.11. The third kappa shape index (κ3) is 2.72. The van der Waals surface area contributed by atoms with Gasteiger partial charge in [0.2, 0.25) is 0 Å². The zero-order chi connectivity index (χ0) is 10.7. The fourth-order valence-electron chi connectivity index (χ4n) is 1.27. The summed E-state index contributed by atoms with van der Waals surface area (Å²) in [6, 6.07) is 4.76. The summed E-state index contributed by atoms with van der Waals surface area (Å²) >= 11 is 5.70. The number of carboxylic acid groups (broad SMARTS) is 1. The standard InChI is InChI=1S/C10H12ClNO2/c1-6(12)4-7-2-3-8(11)5-9(7)10(13)14/h2-3,5-6H,4,12H2,1H3,(H,13,14). The SMILES string of the molecule is CC(N)Cc1ccc(Cl)cc1C(=O)O. The van der Waals surface area contributed by atoms with Crippen LogP contribution in [0.1, 0.15) is 22.8 Å². The average Bonchev–Trinajstić information content (AvgIpc) is 2.07.